The van der Waals surface area contributed by atoms with Crippen molar-refractivity contribution < 1.29 is 19.4 Å². The highest BCUT2D eigenvalue weighted by Gasteiger charge is 2.38. The summed E-state index contributed by atoms with van der Waals surface area (Å²) in [6.45, 7) is 3.56. The van der Waals surface area contributed by atoms with E-state index in [0.717, 1.165) is 0 Å². The third-order valence-electron chi connectivity index (χ3n) is 3.85. The molecule has 0 saturated carbocycles. The summed E-state index contributed by atoms with van der Waals surface area (Å²) in [5.41, 5.74) is 2.08. The van der Waals surface area contributed by atoms with E-state index in [4.69, 9.17) is 16.3 Å². The Labute approximate surface area is 139 Å². The molecule has 2 rings (SSSR count). The summed E-state index contributed by atoms with van der Waals surface area (Å²) < 4.78 is 4.88. The molecule has 0 fully saturated rings. The van der Waals surface area contributed by atoms with Crippen LogP contribution in [0.5, 0.6) is 0 Å². The molecule has 0 spiro atoms. The number of aliphatic carboxylic acids is 1. The quantitative estimate of drug-likeness (QED) is 0.826. The molecule has 23 heavy (non-hydrogen) atoms. The maximum atomic E-state index is 12.3. The second-order valence-corrected chi connectivity index (χ2v) is 5.57. The first-order chi connectivity index (χ1) is 10.9. The van der Waals surface area contributed by atoms with Crippen LogP contribution in [0.3, 0.4) is 0 Å². The highest BCUT2D eigenvalue weighted by atomic mass is 35.5. The van der Waals surface area contributed by atoms with Crippen molar-refractivity contribution >= 4 is 23.5 Å². The molecule has 0 radical (unpaired) electrons. The maximum Gasteiger partial charge on any atom is 0.336 e. The number of dihydropyridines is 1. The monoisotopic (exact) mass is 335 g/mol. The second-order valence-electron chi connectivity index (χ2n) is 5.16. The minimum Gasteiger partial charge on any atom is -0.478 e. The van der Waals surface area contributed by atoms with Gasteiger partial charge in [0.15, 0.2) is 0 Å². The van der Waals surface area contributed by atoms with E-state index in [1.54, 1.807) is 31.2 Å². The fourth-order valence-corrected chi connectivity index (χ4v) is 3.07. The molecule has 1 aromatic rings. The number of carboxylic acid groups (broad SMARTS) is 1. The summed E-state index contributed by atoms with van der Waals surface area (Å²) in [6.07, 6.45) is 0.537. The van der Waals surface area contributed by atoms with Crippen LogP contribution < -0.4 is 5.32 Å². The Kier molecular flexibility index (Phi) is 5.11. The van der Waals surface area contributed by atoms with E-state index in [2.05, 4.69) is 5.32 Å². The largest absolute Gasteiger partial charge is 0.478 e. The van der Waals surface area contributed by atoms with E-state index in [9.17, 15) is 14.7 Å². The van der Waals surface area contributed by atoms with E-state index in [1.165, 1.54) is 7.11 Å². The molecule has 0 amide bonds. The number of carbonyl (C=O) groups excluding carboxylic acids is 1. The lowest BCUT2D eigenvalue weighted by molar-refractivity contribution is -0.136. The number of hydrogen-bond acceptors (Lipinski definition) is 4. The summed E-state index contributed by atoms with van der Waals surface area (Å²) >= 11 is 6.27. The Bertz CT molecular complexity index is 721. The lowest BCUT2D eigenvalue weighted by atomic mass is 9.80. The highest BCUT2D eigenvalue weighted by molar-refractivity contribution is 6.31. The molecular weight excluding hydrogens is 318 g/mol. The molecular formula is C17H18ClNO4. The number of hydrogen-bond donors (Lipinski definition) is 2. The van der Waals surface area contributed by atoms with Crippen LogP contribution >= 0.6 is 11.6 Å². The Morgan fingerprint density at radius 1 is 1.30 bits per heavy atom. The SMILES string of the molecule is CCC1=C(C(=O)OC)C(c2ccccc2Cl)C(C(=O)O)=C(C)N1. The molecule has 0 aromatic heterocycles. The first-order valence-corrected chi connectivity index (χ1v) is 7.57. The fraction of sp³-hybridized carbons (Fsp3) is 0.294. The number of ether oxygens (including phenoxy) is 1. The molecule has 0 bridgehead atoms. The van der Waals surface area contributed by atoms with E-state index >= 15 is 0 Å². The first kappa shape index (κ1) is 17.1. The zero-order valence-electron chi connectivity index (χ0n) is 13.1. The van der Waals surface area contributed by atoms with Crippen molar-refractivity contribution in [1.82, 2.24) is 5.32 Å². The molecule has 1 atom stereocenters. The Morgan fingerprint density at radius 3 is 2.48 bits per heavy atom. The van der Waals surface area contributed by atoms with Gasteiger partial charge in [0, 0.05) is 16.4 Å². The number of nitrogens with one attached hydrogen (secondary N) is 1. The summed E-state index contributed by atoms with van der Waals surface area (Å²) in [4.78, 5) is 24.1. The molecule has 6 heteroatoms. The van der Waals surface area contributed by atoms with Gasteiger partial charge in [-0.3, -0.25) is 0 Å². The van der Waals surface area contributed by atoms with E-state index in [0.29, 0.717) is 28.4 Å². The van der Waals surface area contributed by atoms with Gasteiger partial charge >= 0.3 is 11.9 Å². The van der Waals surface area contributed by atoms with E-state index in [1.807, 2.05) is 6.92 Å². The van der Waals surface area contributed by atoms with Crippen molar-refractivity contribution in [3.63, 3.8) is 0 Å². The van der Waals surface area contributed by atoms with Crippen LogP contribution in [0.2, 0.25) is 5.02 Å². The molecule has 2 N–H and O–H groups in total. The lowest BCUT2D eigenvalue weighted by Gasteiger charge is -2.30. The fourth-order valence-electron chi connectivity index (χ4n) is 2.83. The van der Waals surface area contributed by atoms with Gasteiger partial charge in [-0.2, -0.15) is 0 Å². The van der Waals surface area contributed by atoms with Gasteiger partial charge in [-0.05, 0) is 25.0 Å². The summed E-state index contributed by atoms with van der Waals surface area (Å²) in [7, 11) is 1.28. The van der Waals surface area contributed by atoms with Gasteiger partial charge in [0.05, 0.1) is 24.2 Å². The van der Waals surface area contributed by atoms with Crippen molar-refractivity contribution in [2.75, 3.05) is 7.11 Å². The number of halogens is 1. The minimum atomic E-state index is -1.10. The van der Waals surface area contributed by atoms with Crippen LogP contribution in [0, 0.1) is 0 Å². The molecule has 1 aromatic carbocycles. The van der Waals surface area contributed by atoms with Gasteiger partial charge in [-0.1, -0.05) is 36.7 Å². The average molecular weight is 336 g/mol. The van der Waals surface area contributed by atoms with Gasteiger partial charge in [-0.25, -0.2) is 9.59 Å². The number of carboxylic acids is 1. The van der Waals surface area contributed by atoms with Crippen molar-refractivity contribution in [1.29, 1.82) is 0 Å². The minimum absolute atomic E-state index is 0.0932. The topological polar surface area (TPSA) is 75.6 Å². The van der Waals surface area contributed by atoms with Gasteiger partial charge < -0.3 is 15.2 Å². The average Bonchev–Trinajstić information content (AvgIpc) is 2.53. The van der Waals surface area contributed by atoms with Gasteiger partial charge in [0.1, 0.15) is 0 Å². The maximum absolute atomic E-state index is 12.3. The molecule has 122 valence electrons. The zero-order valence-corrected chi connectivity index (χ0v) is 13.9. The van der Waals surface area contributed by atoms with Crippen molar-refractivity contribution in [3.8, 4) is 0 Å². The summed E-state index contributed by atoms with van der Waals surface area (Å²) in [5, 5.41) is 13.1. The number of allylic oxidation sites excluding steroid dienone is 2. The molecule has 1 unspecified atom stereocenters. The molecule has 5 nitrogen and oxygen atoms in total. The first-order valence-electron chi connectivity index (χ1n) is 7.19. The molecule has 0 aliphatic carbocycles. The Balaban J connectivity index is 2.76. The van der Waals surface area contributed by atoms with Crippen molar-refractivity contribution in [2.24, 2.45) is 0 Å². The van der Waals surface area contributed by atoms with Crippen molar-refractivity contribution in [3.05, 3.63) is 57.4 Å². The van der Waals surface area contributed by atoms with Crippen molar-refractivity contribution in [2.45, 2.75) is 26.2 Å². The third-order valence-corrected chi connectivity index (χ3v) is 4.19. The second kappa shape index (κ2) is 6.87. The third kappa shape index (κ3) is 3.10. The number of methoxy groups -OCH3 is 1. The lowest BCUT2D eigenvalue weighted by Crippen LogP contribution is -2.32. The van der Waals surface area contributed by atoms with Crippen LogP contribution in [-0.2, 0) is 14.3 Å². The van der Waals surface area contributed by atoms with E-state index in [-0.39, 0.29) is 11.1 Å². The highest BCUT2D eigenvalue weighted by Crippen LogP contribution is 2.41. The standard InChI is InChI=1S/C17H18ClNO4/c1-4-12-15(17(22)23-3)14(10-7-5-6-8-11(10)18)13(16(20)21)9(2)19-12/h5-8,14,19H,4H2,1-3H3,(H,20,21). The normalized spacial score (nSPS) is 17.8. The smallest absolute Gasteiger partial charge is 0.336 e. The van der Waals surface area contributed by atoms with Gasteiger partial charge in [0.25, 0.3) is 0 Å². The van der Waals surface area contributed by atoms with E-state index < -0.39 is 17.9 Å². The molecule has 0 saturated heterocycles. The number of rotatable bonds is 4. The molecule has 1 aliphatic heterocycles. The van der Waals surface area contributed by atoms with Crippen LogP contribution in [-0.4, -0.2) is 24.2 Å². The van der Waals surface area contributed by atoms with Gasteiger partial charge in [0.2, 0.25) is 0 Å². The number of esters is 1. The van der Waals surface area contributed by atoms with Crippen LogP contribution in [0.25, 0.3) is 0 Å². The Morgan fingerprint density at radius 2 is 1.96 bits per heavy atom. The van der Waals surface area contributed by atoms with Crippen LogP contribution in [0.15, 0.2) is 46.8 Å². The number of carbonyl (C=O) groups is 2. The zero-order chi connectivity index (χ0) is 17.1. The summed E-state index contributed by atoms with van der Waals surface area (Å²) in [5.74, 6) is -2.44. The summed E-state index contributed by atoms with van der Waals surface area (Å²) in [6, 6.07) is 6.92. The predicted molar refractivity (Wildman–Crippen MR) is 87.0 cm³/mol. The van der Waals surface area contributed by atoms with Crippen LogP contribution in [0.4, 0.5) is 0 Å². The van der Waals surface area contributed by atoms with Crippen LogP contribution in [0.1, 0.15) is 31.7 Å². The van der Waals surface area contributed by atoms with Gasteiger partial charge in [-0.15, -0.1) is 0 Å². The Hall–Kier alpha value is -2.27. The molecule has 1 aliphatic rings. The number of benzene rings is 1. The molecule has 1 heterocycles. The predicted octanol–water partition coefficient (Wildman–Crippen LogP) is 3.22.